The summed E-state index contributed by atoms with van der Waals surface area (Å²) in [4.78, 5) is 11.2. The zero-order valence-electron chi connectivity index (χ0n) is 13.2. The minimum absolute atomic E-state index is 0.0223. The van der Waals surface area contributed by atoms with E-state index in [9.17, 15) is 13.2 Å². The highest BCUT2D eigenvalue weighted by atomic mass is 35.5. The van der Waals surface area contributed by atoms with Crippen LogP contribution in [0.1, 0.15) is 24.7 Å². The van der Waals surface area contributed by atoms with Gasteiger partial charge in [0.2, 0.25) is 15.9 Å². The molecule has 4 N–H and O–H groups in total. The van der Waals surface area contributed by atoms with Crippen LogP contribution in [0.15, 0.2) is 23.1 Å². The van der Waals surface area contributed by atoms with Crippen LogP contribution >= 0.6 is 23.4 Å². The summed E-state index contributed by atoms with van der Waals surface area (Å²) < 4.78 is 26.9. The molecule has 0 bridgehead atoms. The molecule has 0 aliphatic carbocycles. The van der Waals surface area contributed by atoms with E-state index in [1.54, 1.807) is 12.1 Å². The van der Waals surface area contributed by atoms with Crippen molar-refractivity contribution in [2.24, 2.45) is 0 Å². The Morgan fingerprint density at radius 3 is 2.79 bits per heavy atom. The van der Waals surface area contributed by atoms with Crippen LogP contribution < -0.4 is 15.4 Å². The molecule has 1 amide bonds. The maximum absolute atomic E-state index is 12.3. The molecule has 134 valence electrons. The SMILES string of the molecule is CC(=O)NC1NC(C)C(c2ccc(Cl)c(S(=O)(=O)NCCO)c2)S1. The van der Waals surface area contributed by atoms with Crippen molar-refractivity contribution < 1.29 is 18.3 Å². The zero-order valence-corrected chi connectivity index (χ0v) is 15.6. The Balaban J connectivity index is 2.26. The molecule has 1 heterocycles. The molecule has 1 aliphatic heterocycles. The first-order chi connectivity index (χ1) is 11.2. The van der Waals surface area contributed by atoms with Crippen molar-refractivity contribution >= 4 is 39.3 Å². The molecule has 1 aromatic rings. The number of aliphatic hydroxyl groups excluding tert-OH is 1. The van der Waals surface area contributed by atoms with Crippen LogP contribution in [0.4, 0.5) is 0 Å². The van der Waals surface area contributed by atoms with Gasteiger partial charge in [0.1, 0.15) is 10.4 Å². The smallest absolute Gasteiger partial charge is 0.242 e. The van der Waals surface area contributed by atoms with E-state index in [0.29, 0.717) is 0 Å². The second-order valence-corrected chi connectivity index (χ2v) is 8.80. The topological polar surface area (TPSA) is 108 Å². The summed E-state index contributed by atoms with van der Waals surface area (Å²) in [7, 11) is -3.80. The maximum Gasteiger partial charge on any atom is 0.242 e. The van der Waals surface area contributed by atoms with E-state index < -0.39 is 10.0 Å². The molecular weight excluding hydrogens is 374 g/mol. The molecular formula is C14H20ClN3O4S2. The highest BCUT2D eigenvalue weighted by Crippen LogP contribution is 2.40. The number of nitrogens with one attached hydrogen (secondary N) is 3. The van der Waals surface area contributed by atoms with Gasteiger partial charge in [-0.1, -0.05) is 17.7 Å². The Bertz CT molecular complexity index is 714. The normalized spacial score (nSPS) is 24.1. The lowest BCUT2D eigenvalue weighted by molar-refractivity contribution is -0.119. The van der Waals surface area contributed by atoms with Gasteiger partial charge in [0, 0.05) is 24.8 Å². The number of hydrogen-bond donors (Lipinski definition) is 4. The van der Waals surface area contributed by atoms with Crippen LogP contribution in [-0.2, 0) is 14.8 Å². The quantitative estimate of drug-likeness (QED) is 0.569. The number of sulfonamides is 1. The lowest BCUT2D eigenvalue weighted by Crippen LogP contribution is -2.40. The minimum atomic E-state index is -3.80. The molecule has 0 saturated carbocycles. The monoisotopic (exact) mass is 393 g/mol. The van der Waals surface area contributed by atoms with Crippen LogP contribution in [0.2, 0.25) is 5.02 Å². The van der Waals surface area contributed by atoms with Gasteiger partial charge in [0.15, 0.2) is 0 Å². The summed E-state index contributed by atoms with van der Waals surface area (Å²) in [6.45, 7) is 3.03. The number of halogens is 1. The van der Waals surface area contributed by atoms with E-state index in [2.05, 4.69) is 15.4 Å². The Morgan fingerprint density at radius 1 is 1.46 bits per heavy atom. The van der Waals surface area contributed by atoms with Gasteiger partial charge in [0.25, 0.3) is 0 Å². The largest absolute Gasteiger partial charge is 0.395 e. The Labute approximate surface area is 150 Å². The first-order valence-corrected chi connectivity index (χ1v) is 10.1. The predicted molar refractivity (Wildman–Crippen MR) is 94.3 cm³/mol. The van der Waals surface area contributed by atoms with Gasteiger partial charge in [-0.25, -0.2) is 13.1 Å². The van der Waals surface area contributed by atoms with Gasteiger partial charge < -0.3 is 10.4 Å². The Hall–Kier alpha value is -0.840. The number of benzene rings is 1. The fourth-order valence-electron chi connectivity index (χ4n) is 2.42. The lowest BCUT2D eigenvalue weighted by Gasteiger charge is -2.16. The average molecular weight is 394 g/mol. The summed E-state index contributed by atoms with van der Waals surface area (Å²) in [5, 5.41) is 14.9. The Kier molecular flexibility index (Phi) is 6.52. The van der Waals surface area contributed by atoms with E-state index >= 15 is 0 Å². The van der Waals surface area contributed by atoms with Crippen LogP contribution in [0.25, 0.3) is 0 Å². The molecule has 3 atom stereocenters. The fraction of sp³-hybridized carbons (Fsp3) is 0.500. The van der Waals surface area contributed by atoms with Gasteiger partial charge in [-0.05, 0) is 24.6 Å². The number of carbonyl (C=O) groups excluding carboxylic acids is 1. The molecule has 2 rings (SSSR count). The van der Waals surface area contributed by atoms with E-state index in [-0.39, 0.29) is 45.8 Å². The summed E-state index contributed by atoms with van der Waals surface area (Å²) in [5.74, 6) is -0.138. The van der Waals surface area contributed by atoms with Crippen molar-refractivity contribution in [1.29, 1.82) is 0 Å². The van der Waals surface area contributed by atoms with Gasteiger partial charge in [0.05, 0.1) is 11.6 Å². The zero-order chi connectivity index (χ0) is 17.9. The molecule has 0 radical (unpaired) electrons. The van der Waals surface area contributed by atoms with Crippen molar-refractivity contribution in [2.75, 3.05) is 13.2 Å². The third-order valence-corrected chi connectivity index (χ3v) is 6.90. The second kappa shape index (κ2) is 8.03. The summed E-state index contributed by atoms with van der Waals surface area (Å²) in [6.07, 6.45) is 0. The maximum atomic E-state index is 12.3. The van der Waals surface area contributed by atoms with E-state index in [0.717, 1.165) is 5.56 Å². The molecule has 24 heavy (non-hydrogen) atoms. The predicted octanol–water partition coefficient (Wildman–Crippen LogP) is 0.796. The third kappa shape index (κ3) is 4.62. The fourth-order valence-corrected chi connectivity index (χ4v) is 5.41. The van der Waals surface area contributed by atoms with Gasteiger partial charge in [-0.3, -0.25) is 10.1 Å². The van der Waals surface area contributed by atoms with Crippen molar-refractivity contribution in [3.8, 4) is 0 Å². The molecule has 10 heteroatoms. The molecule has 1 aromatic carbocycles. The number of thioether (sulfide) groups is 1. The van der Waals surface area contributed by atoms with Gasteiger partial charge in [-0.15, -0.1) is 11.8 Å². The van der Waals surface area contributed by atoms with Crippen molar-refractivity contribution in [2.45, 2.75) is 35.5 Å². The molecule has 7 nitrogen and oxygen atoms in total. The molecule has 1 aliphatic rings. The van der Waals surface area contributed by atoms with Crippen LogP contribution in [0, 0.1) is 0 Å². The number of carbonyl (C=O) groups is 1. The molecule has 0 aromatic heterocycles. The molecule has 1 saturated heterocycles. The highest BCUT2D eigenvalue weighted by Gasteiger charge is 2.33. The first-order valence-electron chi connectivity index (χ1n) is 7.33. The number of rotatable bonds is 6. The molecule has 0 spiro atoms. The summed E-state index contributed by atoms with van der Waals surface area (Å²) in [6, 6.07) is 4.89. The molecule has 1 fully saturated rings. The van der Waals surface area contributed by atoms with Crippen molar-refractivity contribution in [3.05, 3.63) is 28.8 Å². The van der Waals surface area contributed by atoms with Gasteiger partial charge >= 0.3 is 0 Å². The lowest BCUT2D eigenvalue weighted by atomic mass is 10.1. The highest BCUT2D eigenvalue weighted by molar-refractivity contribution is 8.00. The van der Waals surface area contributed by atoms with E-state index in [1.807, 2.05) is 6.92 Å². The first kappa shape index (κ1) is 19.5. The summed E-state index contributed by atoms with van der Waals surface area (Å²) >= 11 is 7.54. The number of hydrogen-bond acceptors (Lipinski definition) is 6. The van der Waals surface area contributed by atoms with Crippen molar-refractivity contribution in [1.82, 2.24) is 15.4 Å². The second-order valence-electron chi connectivity index (χ2n) is 5.40. The van der Waals surface area contributed by atoms with Crippen LogP contribution in [-0.4, -0.2) is 44.1 Å². The van der Waals surface area contributed by atoms with Crippen molar-refractivity contribution in [3.63, 3.8) is 0 Å². The third-order valence-electron chi connectivity index (χ3n) is 3.46. The number of aliphatic hydroxyl groups is 1. The standard InChI is InChI=1S/C14H20ClN3O4S2/c1-8-13(23-14(17-8)18-9(2)20)10-3-4-11(15)12(7-10)24(21,22)16-5-6-19/h3-4,7-8,13-14,16-17,19H,5-6H2,1-2H3,(H,18,20). The van der Waals surface area contributed by atoms with Gasteiger partial charge in [-0.2, -0.15) is 0 Å². The Morgan fingerprint density at radius 2 is 2.17 bits per heavy atom. The van der Waals surface area contributed by atoms with Crippen LogP contribution in [0.5, 0.6) is 0 Å². The summed E-state index contributed by atoms with van der Waals surface area (Å²) in [5.41, 5.74) is 0.562. The van der Waals surface area contributed by atoms with Crippen LogP contribution in [0.3, 0.4) is 0 Å². The number of amides is 1. The molecule has 3 unspecified atom stereocenters. The average Bonchev–Trinajstić information content (AvgIpc) is 2.85. The van der Waals surface area contributed by atoms with E-state index in [1.165, 1.54) is 24.8 Å². The minimum Gasteiger partial charge on any atom is -0.395 e. The van der Waals surface area contributed by atoms with E-state index in [4.69, 9.17) is 16.7 Å².